The molecule has 0 aromatic heterocycles. The summed E-state index contributed by atoms with van der Waals surface area (Å²) in [6.45, 7) is 0.500. The minimum atomic E-state index is -1.12. The average Bonchev–Trinajstić information content (AvgIpc) is 2.32. The van der Waals surface area contributed by atoms with Crippen LogP contribution in [-0.4, -0.2) is 4.21 Å². The van der Waals surface area contributed by atoms with Gasteiger partial charge in [-0.1, -0.05) is 0 Å². The SMILES string of the molecule is O=S1NCc2cc(F)ccc21. The van der Waals surface area contributed by atoms with Gasteiger partial charge < -0.3 is 0 Å². The van der Waals surface area contributed by atoms with Gasteiger partial charge in [-0.3, -0.25) is 0 Å². The second-order valence-electron chi connectivity index (χ2n) is 2.34. The lowest BCUT2D eigenvalue weighted by molar-refractivity contribution is 0.624. The lowest BCUT2D eigenvalue weighted by Gasteiger charge is -1.93. The van der Waals surface area contributed by atoms with Crippen LogP contribution in [0.2, 0.25) is 0 Å². The van der Waals surface area contributed by atoms with Crippen LogP contribution in [-0.2, 0) is 17.5 Å². The minimum Gasteiger partial charge on any atom is -0.237 e. The van der Waals surface area contributed by atoms with Gasteiger partial charge in [0.25, 0.3) is 0 Å². The number of fused-ring (bicyclic) bond motifs is 1. The molecule has 0 saturated carbocycles. The van der Waals surface area contributed by atoms with Crippen LogP contribution in [0.5, 0.6) is 0 Å². The van der Waals surface area contributed by atoms with E-state index in [-0.39, 0.29) is 5.82 Å². The van der Waals surface area contributed by atoms with Crippen LogP contribution in [0, 0.1) is 5.82 Å². The van der Waals surface area contributed by atoms with Crippen molar-refractivity contribution >= 4 is 11.0 Å². The van der Waals surface area contributed by atoms with Crippen LogP contribution in [0.15, 0.2) is 23.1 Å². The van der Waals surface area contributed by atoms with Crippen molar-refractivity contribution in [2.45, 2.75) is 11.4 Å². The molecule has 0 fully saturated rings. The molecule has 1 aromatic rings. The fourth-order valence-electron chi connectivity index (χ4n) is 1.09. The molecule has 0 saturated heterocycles. The second kappa shape index (κ2) is 2.39. The highest BCUT2D eigenvalue weighted by atomic mass is 32.2. The first-order chi connectivity index (χ1) is 5.27. The summed E-state index contributed by atoms with van der Waals surface area (Å²) in [6.07, 6.45) is 0. The number of benzene rings is 1. The fraction of sp³-hybridized carbons (Fsp3) is 0.143. The van der Waals surface area contributed by atoms with E-state index in [2.05, 4.69) is 4.72 Å². The molecule has 1 unspecified atom stereocenters. The lowest BCUT2D eigenvalue weighted by atomic mass is 10.2. The molecular weight excluding hydrogens is 165 g/mol. The number of hydrogen-bond acceptors (Lipinski definition) is 1. The van der Waals surface area contributed by atoms with Gasteiger partial charge >= 0.3 is 0 Å². The van der Waals surface area contributed by atoms with Crippen molar-refractivity contribution in [1.29, 1.82) is 0 Å². The minimum absolute atomic E-state index is 0.274. The van der Waals surface area contributed by atoms with Crippen molar-refractivity contribution in [2.24, 2.45) is 0 Å². The highest BCUT2D eigenvalue weighted by Gasteiger charge is 2.17. The first-order valence-electron chi connectivity index (χ1n) is 3.21. The van der Waals surface area contributed by atoms with Gasteiger partial charge in [0.2, 0.25) is 0 Å². The van der Waals surface area contributed by atoms with Crippen LogP contribution >= 0.6 is 0 Å². The molecule has 2 rings (SSSR count). The molecule has 1 aliphatic rings. The molecule has 4 heteroatoms. The molecule has 0 amide bonds. The predicted octanol–water partition coefficient (Wildman–Crippen LogP) is 0.951. The molecule has 1 aliphatic heterocycles. The van der Waals surface area contributed by atoms with Crippen LogP contribution in [0.1, 0.15) is 5.56 Å². The number of rotatable bonds is 0. The lowest BCUT2D eigenvalue weighted by Crippen LogP contribution is -2.05. The summed E-state index contributed by atoms with van der Waals surface area (Å²) < 4.78 is 26.3. The molecule has 2 nitrogen and oxygen atoms in total. The summed E-state index contributed by atoms with van der Waals surface area (Å²) in [6, 6.07) is 4.29. The summed E-state index contributed by atoms with van der Waals surface area (Å²) >= 11 is 0. The Labute approximate surface area is 66.0 Å². The molecule has 1 heterocycles. The molecule has 11 heavy (non-hydrogen) atoms. The van der Waals surface area contributed by atoms with Gasteiger partial charge in [-0.25, -0.2) is 13.3 Å². The van der Waals surface area contributed by atoms with Crippen molar-refractivity contribution in [1.82, 2.24) is 4.72 Å². The highest BCUT2D eigenvalue weighted by molar-refractivity contribution is 7.83. The second-order valence-corrected chi connectivity index (χ2v) is 3.61. The van der Waals surface area contributed by atoms with Crippen molar-refractivity contribution in [3.63, 3.8) is 0 Å². The van der Waals surface area contributed by atoms with Crippen molar-refractivity contribution in [3.8, 4) is 0 Å². The fourth-order valence-corrected chi connectivity index (χ4v) is 2.09. The maximum Gasteiger partial charge on any atom is 0.125 e. The van der Waals surface area contributed by atoms with E-state index >= 15 is 0 Å². The zero-order chi connectivity index (χ0) is 7.84. The molecule has 1 N–H and O–H groups in total. The summed E-state index contributed by atoms with van der Waals surface area (Å²) in [4.78, 5) is 0.700. The average molecular weight is 171 g/mol. The van der Waals surface area contributed by atoms with Gasteiger partial charge in [0, 0.05) is 6.54 Å². The monoisotopic (exact) mass is 171 g/mol. The Hall–Kier alpha value is -0.740. The Balaban J connectivity index is 2.59. The topological polar surface area (TPSA) is 29.1 Å². The Bertz CT molecular complexity index is 326. The maximum atomic E-state index is 12.6. The largest absolute Gasteiger partial charge is 0.237 e. The van der Waals surface area contributed by atoms with Gasteiger partial charge in [-0.2, -0.15) is 0 Å². The first kappa shape index (κ1) is 6.94. The normalized spacial score (nSPS) is 21.7. The van der Waals surface area contributed by atoms with E-state index < -0.39 is 11.0 Å². The third kappa shape index (κ3) is 1.08. The van der Waals surface area contributed by atoms with Crippen molar-refractivity contribution in [3.05, 3.63) is 29.6 Å². The summed E-state index contributed by atoms with van der Waals surface area (Å²) in [5.74, 6) is -0.274. The third-order valence-corrected chi connectivity index (χ3v) is 2.82. The Kier molecular flexibility index (Phi) is 1.51. The summed E-state index contributed by atoms with van der Waals surface area (Å²) in [7, 11) is -1.12. The van der Waals surface area contributed by atoms with E-state index in [0.717, 1.165) is 5.56 Å². The van der Waals surface area contributed by atoms with Gasteiger partial charge in [0.1, 0.15) is 16.8 Å². The number of hydrogen-bond donors (Lipinski definition) is 1. The van der Waals surface area contributed by atoms with Crippen molar-refractivity contribution < 1.29 is 8.60 Å². The molecule has 1 atom stereocenters. The van der Waals surface area contributed by atoms with Crippen molar-refractivity contribution in [2.75, 3.05) is 0 Å². The summed E-state index contributed by atoms with van der Waals surface area (Å²) in [5, 5.41) is 0. The predicted molar refractivity (Wildman–Crippen MR) is 39.6 cm³/mol. The number of nitrogens with one attached hydrogen (secondary N) is 1. The molecule has 0 radical (unpaired) electrons. The van der Waals surface area contributed by atoms with E-state index in [1.165, 1.54) is 12.1 Å². The van der Waals surface area contributed by atoms with Crippen LogP contribution in [0.4, 0.5) is 4.39 Å². The van der Waals surface area contributed by atoms with Gasteiger partial charge in [0.05, 0.1) is 4.90 Å². The standard InChI is InChI=1S/C7H6FNOS/c8-6-1-2-7-5(3-6)4-9-11(7)10/h1-3,9H,4H2. The molecule has 0 bridgehead atoms. The van der Waals surface area contributed by atoms with Crippen LogP contribution in [0.25, 0.3) is 0 Å². The molecule has 1 aromatic carbocycles. The Morgan fingerprint density at radius 1 is 1.55 bits per heavy atom. The quantitative estimate of drug-likeness (QED) is 0.618. The molecular formula is C7H6FNOS. The third-order valence-electron chi connectivity index (χ3n) is 1.62. The van der Waals surface area contributed by atoms with Gasteiger partial charge in [-0.05, 0) is 23.8 Å². The Morgan fingerprint density at radius 3 is 3.18 bits per heavy atom. The van der Waals surface area contributed by atoms with E-state index in [9.17, 15) is 8.60 Å². The first-order valence-corrected chi connectivity index (χ1v) is 4.36. The van der Waals surface area contributed by atoms with Crippen LogP contribution in [0.3, 0.4) is 0 Å². The highest BCUT2D eigenvalue weighted by Crippen LogP contribution is 2.19. The van der Waals surface area contributed by atoms with E-state index in [1.54, 1.807) is 6.07 Å². The van der Waals surface area contributed by atoms with Gasteiger partial charge in [-0.15, -0.1) is 0 Å². The summed E-state index contributed by atoms with van der Waals surface area (Å²) in [5.41, 5.74) is 0.795. The zero-order valence-electron chi connectivity index (χ0n) is 5.63. The molecule has 0 aliphatic carbocycles. The van der Waals surface area contributed by atoms with E-state index in [1.807, 2.05) is 0 Å². The number of halogens is 1. The smallest absolute Gasteiger partial charge is 0.125 e. The maximum absolute atomic E-state index is 12.6. The molecule has 0 spiro atoms. The zero-order valence-corrected chi connectivity index (χ0v) is 6.45. The van der Waals surface area contributed by atoms with E-state index in [4.69, 9.17) is 0 Å². The Morgan fingerprint density at radius 2 is 2.36 bits per heavy atom. The van der Waals surface area contributed by atoms with Crippen LogP contribution < -0.4 is 4.72 Å². The van der Waals surface area contributed by atoms with E-state index in [0.29, 0.717) is 11.4 Å². The molecule has 58 valence electrons. The van der Waals surface area contributed by atoms with Gasteiger partial charge in [0.15, 0.2) is 0 Å².